The van der Waals surface area contributed by atoms with E-state index in [1.54, 1.807) is 0 Å². The lowest BCUT2D eigenvalue weighted by Gasteiger charge is -2.37. The molecule has 0 aromatic carbocycles. The Hall–Kier alpha value is 0.137. The van der Waals surface area contributed by atoms with Gasteiger partial charge in [-0.05, 0) is 19.3 Å². The third-order valence-corrected chi connectivity index (χ3v) is 6.13. The Bertz CT molecular complexity index is 123. The van der Waals surface area contributed by atoms with Crippen LogP contribution in [0.3, 0.4) is 0 Å². The lowest BCUT2D eigenvalue weighted by Crippen LogP contribution is -2.56. The highest BCUT2D eigenvalue weighted by atomic mass is 28.3. The summed E-state index contributed by atoms with van der Waals surface area (Å²) in [5.74, 6) is 0. The fraction of sp³-hybridized carbons (Fsp3) is 1.00. The molecular weight excluding hydrogens is 154 g/mol. The lowest BCUT2D eigenvalue weighted by atomic mass is 10.2. The van der Waals surface area contributed by atoms with Crippen LogP contribution in [0.5, 0.6) is 0 Å². The van der Waals surface area contributed by atoms with Gasteiger partial charge >= 0.3 is 0 Å². The molecule has 1 rings (SSSR count). The van der Waals surface area contributed by atoms with Gasteiger partial charge in [0.2, 0.25) is 0 Å². The first-order valence-corrected chi connectivity index (χ1v) is 7.16. The average Bonchev–Trinajstić information content (AvgIpc) is 2.04. The monoisotopic (exact) mass is 173 g/mol. The van der Waals surface area contributed by atoms with Crippen molar-refractivity contribution in [2.75, 3.05) is 6.61 Å². The SMILES string of the molecule is CC[SiH](C)C1(N)CCCCO1. The molecular formula is C8H19NOSi. The van der Waals surface area contributed by atoms with E-state index in [0.29, 0.717) is 0 Å². The molecule has 1 saturated heterocycles. The molecule has 2 N–H and O–H groups in total. The molecule has 3 heteroatoms. The zero-order valence-corrected chi connectivity index (χ0v) is 8.75. The molecule has 1 aliphatic rings. The van der Waals surface area contributed by atoms with Crippen molar-refractivity contribution in [1.82, 2.24) is 0 Å². The summed E-state index contributed by atoms with van der Waals surface area (Å²) in [5, 5.41) is -0.174. The molecule has 0 aliphatic carbocycles. The summed E-state index contributed by atoms with van der Waals surface area (Å²) in [4.78, 5) is 0. The van der Waals surface area contributed by atoms with Crippen molar-refractivity contribution in [2.45, 2.75) is 44.1 Å². The Kier molecular flexibility index (Phi) is 3.10. The molecule has 0 spiro atoms. The van der Waals surface area contributed by atoms with Crippen LogP contribution in [0.2, 0.25) is 12.6 Å². The average molecular weight is 173 g/mol. The van der Waals surface area contributed by atoms with Crippen molar-refractivity contribution in [3.63, 3.8) is 0 Å². The predicted molar refractivity (Wildman–Crippen MR) is 50.2 cm³/mol. The summed E-state index contributed by atoms with van der Waals surface area (Å²) in [7, 11) is -0.822. The third kappa shape index (κ3) is 2.04. The molecule has 0 aromatic heterocycles. The van der Waals surface area contributed by atoms with E-state index in [9.17, 15) is 0 Å². The Balaban J connectivity index is 2.49. The second kappa shape index (κ2) is 3.69. The van der Waals surface area contributed by atoms with Gasteiger partial charge in [-0.3, -0.25) is 0 Å². The van der Waals surface area contributed by atoms with Crippen molar-refractivity contribution >= 4 is 8.80 Å². The standard InChI is InChI=1S/C8H19NOSi/c1-3-11(2)8(9)6-4-5-7-10-8/h11H,3-7,9H2,1-2H3. The normalized spacial score (nSPS) is 35.2. The largest absolute Gasteiger partial charge is 0.365 e. The number of hydrogen-bond donors (Lipinski definition) is 1. The highest BCUT2D eigenvalue weighted by molar-refractivity contribution is 6.60. The van der Waals surface area contributed by atoms with Crippen LogP contribution in [-0.4, -0.2) is 20.8 Å². The van der Waals surface area contributed by atoms with Crippen LogP contribution in [0.25, 0.3) is 0 Å². The van der Waals surface area contributed by atoms with Crippen molar-refractivity contribution in [2.24, 2.45) is 5.73 Å². The van der Waals surface area contributed by atoms with Gasteiger partial charge in [-0.15, -0.1) is 0 Å². The van der Waals surface area contributed by atoms with Gasteiger partial charge in [-0.2, -0.15) is 0 Å². The van der Waals surface area contributed by atoms with E-state index in [1.165, 1.54) is 18.9 Å². The molecule has 2 nitrogen and oxygen atoms in total. The molecule has 2 atom stereocenters. The van der Waals surface area contributed by atoms with Crippen LogP contribution in [-0.2, 0) is 4.74 Å². The van der Waals surface area contributed by atoms with Crippen LogP contribution in [0.4, 0.5) is 0 Å². The summed E-state index contributed by atoms with van der Waals surface area (Å²) in [6.07, 6.45) is 3.55. The van der Waals surface area contributed by atoms with Gasteiger partial charge in [-0.1, -0.05) is 19.5 Å². The first-order chi connectivity index (χ1) is 5.19. The van der Waals surface area contributed by atoms with Crippen LogP contribution >= 0.6 is 0 Å². The van der Waals surface area contributed by atoms with E-state index < -0.39 is 8.80 Å². The second-order valence-corrected chi connectivity index (χ2v) is 7.17. The summed E-state index contributed by atoms with van der Waals surface area (Å²) < 4.78 is 5.66. The van der Waals surface area contributed by atoms with E-state index in [1.807, 2.05) is 0 Å². The van der Waals surface area contributed by atoms with Crippen LogP contribution < -0.4 is 5.73 Å². The number of hydrogen-bond acceptors (Lipinski definition) is 2. The van der Waals surface area contributed by atoms with Gasteiger partial charge < -0.3 is 10.5 Å². The molecule has 1 aliphatic heterocycles. The van der Waals surface area contributed by atoms with E-state index >= 15 is 0 Å². The predicted octanol–water partition coefficient (Wildman–Crippen LogP) is 1.26. The van der Waals surface area contributed by atoms with Crippen molar-refractivity contribution in [3.8, 4) is 0 Å². The minimum Gasteiger partial charge on any atom is -0.365 e. The molecule has 0 aromatic rings. The molecule has 0 bridgehead atoms. The molecule has 66 valence electrons. The minimum absolute atomic E-state index is 0.174. The quantitative estimate of drug-likeness (QED) is 0.638. The van der Waals surface area contributed by atoms with Gasteiger partial charge in [0, 0.05) is 6.61 Å². The van der Waals surface area contributed by atoms with Crippen LogP contribution in [0.15, 0.2) is 0 Å². The third-order valence-electron chi connectivity index (χ3n) is 2.78. The topological polar surface area (TPSA) is 35.2 Å². The van der Waals surface area contributed by atoms with Crippen molar-refractivity contribution in [3.05, 3.63) is 0 Å². The summed E-state index contributed by atoms with van der Waals surface area (Å²) in [6.45, 7) is 5.42. The van der Waals surface area contributed by atoms with E-state index in [4.69, 9.17) is 10.5 Å². The Morgan fingerprint density at radius 2 is 2.27 bits per heavy atom. The first kappa shape index (κ1) is 9.23. The Morgan fingerprint density at radius 1 is 1.55 bits per heavy atom. The molecule has 1 fully saturated rings. The summed E-state index contributed by atoms with van der Waals surface area (Å²) in [6, 6.07) is 1.25. The maximum absolute atomic E-state index is 6.15. The van der Waals surface area contributed by atoms with Gasteiger partial charge in [0.15, 0.2) is 0 Å². The van der Waals surface area contributed by atoms with E-state index in [2.05, 4.69) is 13.5 Å². The van der Waals surface area contributed by atoms with Crippen molar-refractivity contribution in [1.29, 1.82) is 0 Å². The minimum atomic E-state index is -0.822. The van der Waals surface area contributed by atoms with E-state index in [0.717, 1.165) is 13.0 Å². The molecule has 0 amide bonds. The van der Waals surface area contributed by atoms with Crippen LogP contribution in [0.1, 0.15) is 26.2 Å². The zero-order valence-electron chi connectivity index (χ0n) is 7.60. The Labute approximate surface area is 70.7 Å². The number of rotatable bonds is 2. The lowest BCUT2D eigenvalue weighted by molar-refractivity contribution is -0.0186. The molecule has 11 heavy (non-hydrogen) atoms. The highest BCUT2D eigenvalue weighted by Crippen LogP contribution is 2.23. The van der Waals surface area contributed by atoms with Gasteiger partial charge in [0.1, 0.15) is 0 Å². The van der Waals surface area contributed by atoms with Crippen molar-refractivity contribution < 1.29 is 4.74 Å². The highest BCUT2D eigenvalue weighted by Gasteiger charge is 2.34. The maximum Gasteiger partial charge on any atom is 0.0989 e. The summed E-state index contributed by atoms with van der Waals surface area (Å²) in [5.41, 5.74) is 6.15. The fourth-order valence-electron chi connectivity index (χ4n) is 1.57. The van der Waals surface area contributed by atoms with Gasteiger partial charge in [0.05, 0.1) is 14.1 Å². The molecule has 0 saturated carbocycles. The zero-order chi connectivity index (χ0) is 8.32. The molecule has 1 heterocycles. The number of ether oxygens (including phenoxy) is 1. The van der Waals surface area contributed by atoms with Crippen LogP contribution in [0, 0.1) is 0 Å². The first-order valence-electron chi connectivity index (χ1n) is 4.62. The molecule has 2 unspecified atom stereocenters. The van der Waals surface area contributed by atoms with Gasteiger partial charge in [-0.25, -0.2) is 0 Å². The molecule has 0 radical (unpaired) electrons. The summed E-state index contributed by atoms with van der Waals surface area (Å²) >= 11 is 0. The smallest absolute Gasteiger partial charge is 0.0989 e. The maximum atomic E-state index is 6.15. The Morgan fingerprint density at radius 3 is 2.73 bits per heavy atom. The fourth-order valence-corrected chi connectivity index (χ4v) is 3.36. The van der Waals surface area contributed by atoms with E-state index in [-0.39, 0.29) is 5.35 Å². The second-order valence-electron chi connectivity index (χ2n) is 3.57. The number of nitrogens with two attached hydrogens (primary N) is 1. The van der Waals surface area contributed by atoms with Gasteiger partial charge in [0.25, 0.3) is 0 Å².